The lowest BCUT2D eigenvalue weighted by Gasteiger charge is -2.17. The molecule has 2 aromatic rings. The summed E-state index contributed by atoms with van der Waals surface area (Å²) in [6.07, 6.45) is 2.64. The van der Waals surface area contributed by atoms with Crippen LogP contribution in [0.25, 0.3) is 0 Å². The van der Waals surface area contributed by atoms with E-state index >= 15 is 0 Å². The molecule has 0 radical (unpaired) electrons. The second kappa shape index (κ2) is 5.35. The Kier molecular flexibility index (Phi) is 3.41. The molecule has 0 bridgehead atoms. The highest BCUT2D eigenvalue weighted by molar-refractivity contribution is 7.13. The monoisotopic (exact) mass is 260 g/mol. The van der Waals surface area contributed by atoms with E-state index < -0.39 is 0 Å². The molecule has 1 aromatic heterocycles. The quantitative estimate of drug-likeness (QED) is 0.917. The smallest absolute Gasteiger partial charge is 0.205 e. The molecule has 0 spiro atoms. The minimum atomic E-state index is 0.801. The van der Waals surface area contributed by atoms with Crippen molar-refractivity contribution in [3.05, 3.63) is 35.3 Å². The molecule has 1 saturated heterocycles. The maximum atomic E-state index is 3.96. The number of hydrogen-bond acceptors (Lipinski definition) is 5. The van der Waals surface area contributed by atoms with Crippen LogP contribution in [0.4, 0.5) is 10.8 Å². The third kappa shape index (κ3) is 2.61. The average Bonchev–Trinajstić information content (AvgIpc) is 3.10. The van der Waals surface area contributed by atoms with Crippen LogP contribution in [0.1, 0.15) is 18.4 Å². The fourth-order valence-corrected chi connectivity index (χ4v) is 2.67. The number of benzene rings is 1. The fraction of sp³-hybridized carbons (Fsp3) is 0.385. The van der Waals surface area contributed by atoms with Gasteiger partial charge in [-0.15, -0.1) is 10.2 Å². The molecule has 0 aliphatic carbocycles. The fourth-order valence-electron chi connectivity index (χ4n) is 2.23. The summed E-state index contributed by atoms with van der Waals surface area (Å²) in [7, 11) is 0. The highest BCUT2D eigenvalue weighted by Crippen LogP contribution is 2.20. The van der Waals surface area contributed by atoms with E-state index in [0.29, 0.717) is 0 Å². The Morgan fingerprint density at radius 3 is 2.61 bits per heavy atom. The van der Waals surface area contributed by atoms with Gasteiger partial charge in [-0.1, -0.05) is 23.5 Å². The van der Waals surface area contributed by atoms with Gasteiger partial charge in [0.25, 0.3) is 0 Å². The molecule has 0 unspecified atom stereocenters. The van der Waals surface area contributed by atoms with Crippen molar-refractivity contribution in [3.8, 4) is 0 Å². The highest BCUT2D eigenvalue weighted by atomic mass is 32.1. The number of nitrogens with zero attached hydrogens (tertiary/aromatic N) is 3. The van der Waals surface area contributed by atoms with E-state index in [4.69, 9.17) is 0 Å². The van der Waals surface area contributed by atoms with Gasteiger partial charge >= 0.3 is 0 Å². The number of hydrogen-bond donors (Lipinski definition) is 1. The molecule has 0 saturated carbocycles. The van der Waals surface area contributed by atoms with Gasteiger partial charge in [0.2, 0.25) is 5.13 Å². The van der Waals surface area contributed by atoms with Gasteiger partial charge in [0.05, 0.1) is 0 Å². The maximum absolute atomic E-state index is 3.96. The molecule has 5 heteroatoms. The van der Waals surface area contributed by atoms with E-state index in [1.165, 1.54) is 48.5 Å². The van der Waals surface area contributed by atoms with Gasteiger partial charge in [-0.05, 0) is 30.5 Å². The van der Waals surface area contributed by atoms with Gasteiger partial charge in [-0.25, -0.2) is 0 Å². The summed E-state index contributed by atoms with van der Waals surface area (Å²) in [5.41, 5.74) is 4.35. The van der Waals surface area contributed by atoms with Gasteiger partial charge < -0.3 is 10.2 Å². The minimum Gasteiger partial charge on any atom is -0.372 e. The predicted molar refractivity (Wildman–Crippen MR) is 75.1 cm³/mol. The van der Waals surface area contributed by atoms with Crippen LogP contribution in [0.5, 0.6) is 0 Å². The first kappa shape index (κ1) is 11.5. The molecule has 4 nitrogen and oxygen atoms in total. The van der Waals surface area contributed by atoms with Crippen LogP contribution in [-0.2, 0) is 6.54 Å². The van der Waals surface area contributed by atoms with E-state index in [9.17, 15) is 0 Å². The molecular weight excluding hydrogens is 244 g/mol. The third-order valence-electron chi connectivity index (χ3n) is 3.21. The first-order valence-corrected chi connectivity index (χ1v) is 7.14. The molecule has 1 aliphatic heterocycles. The number of anilines is 2. The Bertz CT molecular complexity index is 474. The lowest BCUT2D eigenvalue weighted by atomic mass is 10.2. The maximum Gasteiger partial charge on any atom is 0.205 e. The highest BCUT2D eigenvalue weighted by Gasteiger charge is 2.11. The number of nitrogens with one attached hydrogen (secondary N) is 1. The van der Waals surface area contributed by atoms with Crippen LogP contribution >= 0.6 is 11.3 Å². The first-order valence-electron chi connectivity index (χ1n) is 6.26. The molecule has 1 aliphatic rings. The van der Waals surface area contributed by atoms with Gasteiger partial charge in [0, 0.05) is 25.3 Å². The van der Waals surface area contributed by atoms with Crippen LogP contribution in [0.3, 0.4) is 0 Å². The van der Waals surface area contributed by atoms with Crippen LogP contribution in [0.2, 0.25) is 0 Å². The van der Waals surface area contributed by atoms with Crippen LogP contribution in [0, 0.1) is 0 Å². The molecule has 94 valence electrons. The van der Waals surface area contributed by atoms with Crippen molar-refractivity contribution in [3.63, 3.8) is 0 Å². The largest absolute Gasteiger partial charge is 0.372 e. The van der Waals surface area contributed by atoms with Crippen LogP contribution in [0.15, 0.2) is 29.8 Å². The van der Waals surface area contributed by atoms with E-state index in [2.05, 4.69) is 44.7 Å². The summed E-state index contributed by atoms with van der Waals surface area (Å²) >= 11 is 1.52. The Balaban J connectivity index is 1.60. The SMILES string of the molecule is c1nnc(NCc2ccc(N3CCCC3)cc2)s1. The molecule has 2 heterocycles. The van der Waals surface area contributed by atoms with Crippen LogP contribution in [-0.4, -0.2) is 23.3 Å². The summed E-state index contributed by atoms with van der Waals surface area (Å²) in [6, 6.07) is 8.79. The second-order valence-electron chi connectivity index (χ2n) is 4.46. The van der Waals surface area contributed by atoms with Crippen molar-refractivity contribution in [2.45, 2.75) is 19.4 Å². The van der Waals surface area contributed by atoms with Crippen molar-refractivity contribution >= 4 is 22.2 Å². The number of rotatable bonds is 4. The summed E-state index contributed by atoms with van der Waals surface area (Å²) in [5.74, 6) is 0. The van der Waals surface area contributed by atoms with Gasteiger partial charge in [0.15, 0.2) is 0 Å². The van der Waals surface area contributed by atoms with E-state index in [0.717, 1.165) is 11.7 Å². The summed E-state index contributed by atoms with van der Waals surface area (Å²) in [4.78, 5) is 2.45. The van der Waals surface area contributed by atoms with Crippen molar-refractivity contribution in [2.24, 2.45) is 0 Å². The van der Waals surface area contributed by atoms with Crippen molar-refractivity contribution in [1.82, 2.24) is 10.2 Å². The van der Waals surface area contributed by atoms with E-state index in [-0.39, 0.29) is 0 Å². The normalized spacial score (nSPS) is 15.0. The Morgan fingerprint density at radius 2 is 1.94 bits per heavy atom. The lowest BCUT2D eigenvalue weighted by Crippen LogP contribution is -2.17. The van der Waals surface area contributed by atoms with Crippen molar-refractivity contribution in [1.29, 1.82) is 0 Å². The Labute approximate surface area is 111 Å². The standard InChI is InChI=1S/C13H16N4S/c1-2-8-17(7-1)12-5-3-11(4-6-12)9-14-13-16-15-10-18-13/h3-6,10H,1-2,7-9H2,(H,14,16). The van der Waals surface area contributed by atoms with Gasteiger partial charge in [-0.3, -0.25) is 0 Å². The minimum absolute atomic E-state index is 0.801. The predicted octanol–water partition coefficient (Wildman–Crippen LogP) is 2.75. The lowest BCUT2D eigenvalue weighted by molar-refractivity contribution is 0.949. The molecular formula is C13H16N4S. The number of aromatic nitrogens is 2. The second-order valence-corrected chi connectivity index (χ2v) is 5.29. The molecule has 1 N–H and O–H groups in total. The third-order valence-corrected chi connectivity index (χ3v) is 3.86. The topological polar surface area (TPSA) is 41.1 Å². The molecule has 1 aromatic carbocycles. The summed E-state index contributed by atoms with van der Waals surface area (Å²) in [6.45, 7) is 3.19. The van der Waals surface area contributed by atoms with Crippen molar-refractivity contribution in [2.75, 3.05) is 23.3 Å². The zero-order chi connectivity index (χ0) is 12.2. The van der Waals surface area contributed by atoms with Crippen molar-refractivity contribution < 1.29 is 0 Å². The van der Waals surface area contributed by atoms with E-state index in [1.54, 1.807) is 5.51 Å². The van der Waals surface area contributed by atoms with E-state index in [1.807, 2.05) is 0 Å². The Morgan fingerprint density at radius 1 is 1.17 bits per heavy atom. The molecule has 3 rings (SSSR count). The summed E-state index contributed by atoms with van der Waals surface area (Å²) in [5, 5.41) is 11.9. The van der Waals surface area contributed by atoms with Crippen LogP contribution < -0.4 is 10.2 Å². The average molecular weight is 260 g/mol. The van der Waals surface area contributed by atoms with Gasteiger partial charge in [0.1, 0.15) is 5.51 Å². The Hall–Kier alpha value is -1.62. The molecule has 0 amide bonds. The zero-order valence-corrected chi connectivity index (χ0v) is 11.0. The molecule has 1 fully saturated rings. The first-order chi connectivity index (χ1) is 8.92. The molecule has 0 atom stereocenters. The zero-order valence-electron chi connectivity index (χ0n) is 10.2. The van der Waals surface area contributed by atoms with Gasteiger partial charge in [-0.2, -0.15) is 0 Å². The summed E-state index contributed by atoms with van der Waals surface area (Å²) < 4.78 is 0. The molecule has 18 heavy (non-hydrogen) atoms.